The summed E-state index contributed by atoms with van der Waals surface area (Å²) in [5, 5.41) is 2.93. The molecule has 3 unspecified atom stereocenters. The Morgan fingerprint density at radius 2 is 1.71 bits per heavy atom. The smallest absolute Gasteiger partial charge is 0.246 e. The molecular weight excluding hydrogens is 264 g/mol. The largest absolute Gasteiger partial charge is 0.342 e. The first kappa shape index (κ1) is 16.3. The Balaban J connectivity index is 2.16. The van der Waals surface area contributed by atoms with Crippen molar-refractivity contribution >= 4 is 11.8 Å². The van der Waals surface area contributed by atoms with Crippen LogP contribution >= 0.6 is 0 Å². The molecule has 0 bridgehead atoms. The van der Waals surface area contributed by atoms with Crippen molar-refractivity contribution in [3.63, 3.8) is 0 Å². The monoisotopic (exact) mass is 294 g/mol. The molecule has 0 radical (unpaired) electrons. The number of amides is 2. The summed E-state index contributed by atoms with van der Waals surface area (Å²) >= 11 is 0. The summed E-state index contributed by atoms with van der Waals surface area (Å²) in [5.74, 6) is 0.356. The minimum atomic E-state index is -0.329. The lowest BCUT2D eigenvalue weighted by Crippen LogP contribution is -2.66. The first-order valence-corrected chi connectivity index (χ1v) is 8.68. The predicted octanol–water partition coefficient (Wildman–Crippen LogP) is 2.86. The van der Waals surface area contributed by atoms with E-state index in [1.807, 2.05) is 11.8 Å². The van der Waals surface area contributed by atoms with Crippen molar-refractivity contribution in [2.24, 2.45) is 5.92 Å². The van der Waals surface area contributed by atoms with Gasteiger partial charge in [0.15, 0.2) is 0 Å². The van der Waals surface area contributed by atoms with Gasteiger partial charge in [0, 0.05) is 6.04 Å². The fraction of sp³-hybridized carbons (Fsp3) is 0.882. The van der Waals surface area contributed by atoms with Crippen molar-refractivity contribution in [1.82, 2.24) is 10.2 Å². The molecule has 1 saturated heterocycles. The molecular formula is C17H30N2O2. The number of rotatable bonds is 3. The summed E-state index contributed by atoms with van der Waals surface area (Å²) in [6.07, 6.45) is 9.19. The third-order valence-corrected chi connectivity index (χ3v) is 5.30. The van der Waals surface area contributed by atoms with E-state index in [1.54, 1.807) is 0 Å². The maximum absolute atomic E-state index is 12.9. The normalized spacial score (nSPS) is 30.5. The van der Waals surface area contributed by atoms with Crippen molar-refractivity contribution < 1.29 is 9.59 Å². The van der Waals surface area contributed by atoms with Crippen LogP contribution < -0.4 is 5.32 Å². The molecule has 3 atom stereocenters. The molecule has 0 aromatic heterocycles. The fourth-order valence-corrected chi connectivity index (χ4v) is 3.64. The van der Waals surface area contributed by atoms with E-state index < -0.39 is 0 Å². The Bertz CT molecular complexity index is 375. The van der Waals surface area contributed by atoms with E-state index in [0.717, 1.165) is 19.3 Å². The van der Waals surface area contributed by atoms with Crippen LogP contribution in [-0.2, 0) is 9.59 Å². The van der Waals surface area contributed by atoms with Gasteiger partial charge in [0.25, 0.3) is 0 Å². The molecule has 1 heterocycles. The Morgan fingerprint density at radius 3 is 2.29 bits per heavy atom. The number of hydrogen-bond acceptors (Lipinski definition) is 2. The predicted molar refractivity (Wildman–Crippen MR) is 83.8 cm³/mol. The highest BCUT2D eigenvalue weighted by atomic mass is 16.2. The van der Waals surface area contributed by atoms with E-state index in [1.165, 1.54) is 32.1 Å². The van der Waals surface area contributed by atoms with E-state index in [9.17, 15) is 9.59 Å². The fourth-order valence-electron chi connectivity index (χ4n) is 3.64. The average Bonchev–Trinajstić information content (AvgIpc) is 2.44. The van der Waals surface area contributed by atoms with Crippen LogP contribution in [0, 0.1) is 5.92 Å². The van der Waals surface area contributed by atoms with Crippen LogP contribution in [0.3, 0.4) is 0 Å². The van der Waals surface area contributed by atoms with Gasteiger partial charge >= 0.3 is 0 Å². The molecule has 2 fully saturated rings. The maximum atomic E-state index is 12.9. The summed E-state index contributed by atoms with van der Waals surface area (Å²) in [6.45, 7) is 6.00. The average molecular weight is 294 g/mol. The number of piperazine rings is 1. The topological polar surface area (TPSA) is 49.4 Å². The minimum Gasteiger partial charge on any atom is -0.342 e. The SMILES string of the molecule is CCC(C)C1NC(=O)C(C)N(C2CCCCCCC2)C1=O. The summed E-state index contributed by atoms with van der Waals surface area (Å²) in [4.78, 5) is 27.1. The molecule has 0 aromatic rings. The third kappa shape index (κ3) is 3.58. The van der Waals surface area contributed by atoms with Crippen molar-refractivity contribution in [2.75, 3.05) is 0 Å². The number of carbonyl (C=O) groups is 2. The molecule has 1 aliphatic heterocycles. The number of carbonyl (C=O) groups excluding carboxylic acids is 2. The highest BCUT2D eigenvalue weighted by Crippen LogP contribution is 2.27. The van der Waals surface area contributed by atoms with Gasteiger partial charge in [-0.2, -0.15) is 0 Å². The Hall–Kier alpha value is -1.06. The molecule has 0 spiro atoms. The molecule has 2 amide bonds. The summed E-state index contributed by atoms with van der Waals surface area (Å²) < 4.78 is 0. The van der Waals surface area contributed by atoms with Crippen LogP contribution in [0.15, 0.2) is 0 Å². The van der Waals surface area contributed by atoms with Crippen molar-refractivity contribution in [3.05, 3.63) is 0 Å². The van der Waals surface area contributed by atoms with Gasteiger partial charge in [-0.05, 0) is 25.7 Å². The van der Waals surface area contributed by atoms with Gasteiger partial charge in [-0.15, -0.1) is 0 Å². The molecule has 120 valence electrons. The Kier molecular flexibility index (Phi) is 5.65. The highest BCUT2D eigenvalue weighted by molar-refractivity contribution is 5.97. The van der Waals surface area contributed by atoms with Crippen LogP contribution in [-0.4, -0.2) is 34.8 Å². The van der Waals surface area contributed by atoms with Crippen LogP contribution in [0.5, 0.6) is 0 Å². The Morgan fingerprint density at radius 1 is 1.14 bits per heavy atom. The van der Waals surface area contributed by atoms with Crippen molar-refractivity contribution in [2.45, 2.75) is 90.3 Å². The molecule has 1 aliphatic carbocycles. The number of nitrogens with one attached hydrogen (secondary N) is 1. The zero-order valence-corrected chi connectivity index (χ0v) is 13.7. The first-order valence-electron chi connectivity index (χ1n) is 8.68. The highest BCUT2D eigenvalue weighted by Gasteiger charge is 2.42. The molecule has 2 aliphatic rings. The zero-order chi connectivity index (χ0) is 15.4. The lowest BCUT2D eigenvalue weighted by atomic mass is 9.90. The van der Waals surface area contributed by atoms with Gasteiger partial charge in [-0.1, -0.05) is 52.4 Å². The van der Waals surface area contributed by atoms with E-state index in [-0.39, 0.29) is 35.9 Å². The molecule has 1 saturated carbocycles. The van der Waals surface area contributed by atoms with E-state index in [4.69, 9.17) is 0 Å². The van der Waals surface area contributed by atoms with Crippen LogP contribution in [0.2, 0.25) is 0 Å². The Labute approximate surface area is 128 Å². The molecule has 4 heteroatoms. The van der Waals surface area contributed by atoms with Gasteiger partial charge < -0.3 is 10.2 Å². The van der Waals surface area contributed by atoms with E-state index in [2.05, 4.69) is 19.2 Å². The standard InChI is InChI=1S/C17H30N2O2/c1-4-12(2)15-17(21)19(13(3)16(20)18-15)14-10-8-6-5-7-9-11-14/h12-15H,4-11H2,1-3H3,(H,18,20). The second kappa shape index (κ2) is 7.28. The van der Waals surface area contributed by atoms with Crippen molar-refractivity contribution in [1.29, 1.82) is 0 Å². The van der Waals surface area contributed by atoms with Gasteiger partial charge in [-0.3, -0.25) is 9.59 Å². The minimum absolute atomic E-state index is 0.0157. The second-order valence-electron chi connectivity index (χ2n) is 6.79. The summed E-state index contributed by atoms with van der Waals surface area (Å²) in [6, 6.07) is -0.392. The number of hydrogen-bond donors (Lipinski definition) is 1. The second-order valence-corrected chi connectivity index (χ2v) is 6.79. The van der Waals surface area contributed by atoms with E-state index >= 15 is 0 Å². The lowest BCUT2D eigenvalue weighted by molar-refractivity contribution is -0.153. The third-order valence-electron chi connectivity index (χ3n) is 5.30. The van der Waals surface area contributed by atoms with Gasteiger partial charge in [0.1, 0.15) is 12.1 Å². The van der Waals surface area contributed by atoms with Crippen LogP contribution in [0.1, 0.15) is 72.1 Å². The van der Waals surface area contributed by atoms with Crippen LogP contribution in [0.4, 0.5) is 0 Å². The van der Waals surface area contributed by atoms with Gasteiger partial charge in [-0.25, -0.2) is 0 Å². The van der Waals surface area contributed by atoms with Crippen molar-refractivity contribution in [3.8, 4) is 0 Å². The quantitative estimate of drug-likeness (QED) is 0.870. The van der Waals surface area contributed by atoms with Crippen LogP contribution in [0.25, 0.3) is 0 Å². The van der Waals surface area contributed by atoms with Gasteiger partial charge in [0.2, 0.25) is 11.8 Å². The summed E-state index contributed by atoms with van der Waals surface area (Å²) in [7, 11) is 0. The van der Waals surface area contributed by atoms with E-state index in [0.29, 0.717) is 0 Å². The zero-order valence-electron chi connectivity index (χ0n) is 13.7. The van der Waals surface area contributed by atoms with Gasteiger partial charge in [0.05, 0.1) is 0 Å². The summed E-state index contributed by atoms with van der Waals surface area (Å²) in [5.41, 5.74) is 0. The molecule has 4 nitrogen and oxygen atoms in total. The molecule has 1 N–H and O–H groups in total. The lowest BCUT2D eigenvalue weighted by Gasteiger charge is -2.44. The first-order chi connectivity index (χ1) is 10.1. The molecule has 0 aromatic carbocycles. The molecule has 2 rings (SSSR count). The number of nitrogens with zero attached hydrogens (tertiary/aromatic N) is 1. The maximum Gasteiger partial charge on any atom is 0.246 e. The molecule has 21 heavy (non-hydrogen) atoms.